The van der Waals surface area contributed by atoms with Crippen LogP contribution in [0.15, 0.2) is 11.9 Å². The summed E-state index contributed by atoms with van der Waals surface area (Å²) in [6.45, 7) is 16.2. The number of rotatable bonds is 14. The molecule has 0 saturated carbocycles. The highest BCUT2D eigenvalue weighted by molar-refractivity contribution is 8.13. The molecule has 3 amide bonds. The number of allylic oxidation sites excluding steroid dienone is 1. The quantitative estimate of drug-likeness (QED) is 0.200. The Morgan fingerprint density at radius 1 is 0.913 bits per heavy atom. The highest BCUT2D eigenvalue weighted by Crippen LogP contribution is 2.36. The molecule has 0 bridgehead atoms. The highest BCUT2D eigenvalue weighted by Gasteiger charge is 2.47. The topological polar surface area (TPSA) is 143 Å². The van der Waals surface area contributed by atoms with Crippen molar-refractivity contribution in [2.45, 2.75) is 110 Å². The number of halogens is 6. The molecule has 12 nitrogen and oxygen atoms in total. The van der Waals surface area contributed by atoms with Gasteiger partial charge in [0.05, 0.1) is 11.7 Å². The predicted octanol–water partition coefficient (Wildman–Crippen LogP) is 4.37. The van der Waals surface area contributed by atoms with Crippen LogP contribution < -0.4 is 10.5 Å². The van der Waals surface area contributed by atoms with Crippen molar-refractivity contribution in [3.8, 4) is 0 Å². The van der Waals surface area contributed by atoms with Gasteiger partial charge < -0.3 is 9.03 Å². The number of carbonyl (C=O) groups excluding carboxylic acids is 2. The van der Waals surface area contributed by atoms with Crippen LogP contribution in [0.5, 0.6) is 0 Å². The van der Waals surface area contributed by atoms with Gasteiger partial charge >= 0.3 is 17.0 Å². The van der Waals surface area contributed by atoms with Crippen LogP contribution in [-0.2, 0) is 24.8 Å². The summed E-state index contributed by atoms with van der Waals surface area (Å²) in [6, 6.07) is -0.150. The van der Waals surface area contributed by atoms with Gasteiger partial charge in [0, 0.05) is 26.1 Å². The minimum absolute atomic E-state index is 0.0468. The summed E-state index contributed by atoms with van der Waals surface area (Å²) in [5.41, 5.74) is -7.54. The lowest BCUT2D eigenvalue weighted by molar-refractivity contribution is -0.901. The van der Waals surface area contributed by atoms with E-state index in [1.165, 1.54) is 41.3 Å². The van der Waals surface area contributed by atoms with Crippen LogP contribution >= 0.6 is 0 Å². The standard InChI is InChI=1S/C24H45N5O2.C2F6NO4S2/c1-7-10-16-27-18-20(28(25-27)17-11-8-2)14-12-13-15-26-19-21(24(4,5)6)29(23(26)31)22(30)9-3;3-1(4,5)14(10,11)9-15(12,13)2(6,7)8/h18,21,25H,7-17,19H2,1-6H3;/q;-1/p+1/t21-;/m1./s1. The molecule has 0 aliphatic carbocycles. The summed E-state index contributed by atoms with van der Waals surface area (Å²) in [7, 11) is -13.4. The number of unbranched alkanes of at least 4 members (excludes halogenated alkanes) is 3. The maximum absolute atomic E-state index is 12.9. The SMILES string of the molecule is CCCCN1N[NH+](CCCC)C=C1CCCCN1C[C@H](C(C)(C)C)N(C(=O)CC)C1=O.O=S(=O)([N-]S(=O)(=O)C(F)(F)F)C(F)(F)F. The van der Waals surface area contributed by atoms with E-state index in [2.05, 4.69) is 51.4 Å². The van der Waals surface area contributed by atoms with E-state index in [1.807, 2.05) is 11.8 Å². The summed E-state index contributed by atoms with van der Waals surface area (Å²) < 4.78 is 109. The molecule has 2 aliphatic heterocycles. The number of carbonyl (C=O) groups is 2. The Bertz CT molecular complexity index is 1230. The molecule has 2 heterocycles. The molecule has 46 heavy (non-hydrogen) atoms. The van der Waals surface area contributed by atoms with Gasteiger partial charge in [0.15, 0.2) is 20.0 Å². The van der Waals surface area contributed by atoms with Gasteiger partial charge in [-0.25, -0.2) is 26.6 Å². The molecule has 0 radical (unpaired) electrons. The molecule has 2 atom stereocenters. The number of nitrogens with one attached hydrogen (secondary N) is 2. The van der Waals surface area contributed by atoms with Gasteiger partial charge in [-0.1, -0.05) is 59.9 Å². The fourth-order valence-corrected chi connectivity index (χ4v) is 6.26. The Morgan fingerprint density at radius 2 is 1.46 bits per heavy atom. The van der Waals surface area contributed by atoms with Crippen LogP contribution in [0.3, 0.4) is 0 Å². The number of nitrogens with zero attached hydrogens (tertiary/aromatic N) is 4. The van der Waals surface area contributed by atoms with Crippen LogP contribution in [0, 0.1) is 5.41 Å². The van der Waals surface area contributed by atoms with Crippen molar-refractivity contribution in [3.63, 3.8) is 0 Å². The first kappa shape index (κ1) is 41.9. The number of alkyl halides is 6. The number of hydrogen-bond acceptors (Lipinski definition) is 8. The van der Waals surface area contributed by atoms with E-state index in [4.69, 9.17) is 0 Å². The zero-order valence-corrected chi connectivity index (χ0v) is 28.6. The molecule has 0 aromatic heterocycles. The predicted molar refractivity (Wildman–Crippen MR) is 158 cm³/mol. The van der Waals surface area contributed by atoms with Crippen LogP contribution in [0.2, 0.25) is 0 Å². The van der Waals surface area contributed by atoms with E-state index in [-0.39, 0.29) is 23.4 Å². The van der Waals surface area contributed by atoms with Gasteiger partial charge in [0.1, 0.15) is 12.7 Å². The van der Waals surface area contributed by atoms with E-state index in [0.29, 0.717) is 13.0 Å². The highest BCUT2D eigenvalue weighted by atomic mass is 32.3. The third-order valence-corrected chi connectivity index (χ3v) is 9.89. The molecule has 270 valence electrons. The Morgan fingerprint density at radius 3 is 1.91 bits per heavy atom. The zero-order valence-electron chi connectivity index (χ0n) is 27.0. The summed E-state index contributed by atoms with van der Waals surface area (Å²) in [6.07, 6.45) is 10.5. The van der Waals surface area contributed by atoms with Crippen molar-refractivity contribution in [1.82, 2.24) is 20.3 Å². The fourth-order valence-electron chi connectivity index (χ4n) is 4.55. The van der Waals surface area contributed by atoms with Crippen LogP contribution in [0.1, 0.15) is 92.9 Å². The zero-order chi connectivity index (χ0) is 35.7. The Kier molecular flexibility index (Phi) is 15.3. The van der Waals surface area contributed by atoms with Crippen LogP contribution in [0.4, 0.5) is 31.1 Å². The second-order valence-electron chi connectivity index (χ2n) is 12.0. The van der Waals surface area contributed by atoms with Gasteiger partial charge in [-0.05, 0) is 37.5 Å². The molecular weight excluding hydrogens is 670 g/mol. The molecule has 1 saturated heterocycles. The largest absolute Gasteiger partial charge is 0.480 e. The normalized spacial score (nSPS) is 19.8. The minimum Gasteiger partial charge on any atom is -0.421 e. The Balaban J connectivity index is 0.000000595. The average molecular weight is 717 g/mol. The number of quaternary nitrogens is 1. The number of amides is 3. The third-order valence-electron chi connectivity index (χ3n) is 7.15. The number of imide groups is 1. The summed E-state index contributed by atoms with van der Waals surface area (Å²) in [4.78, 5) is 28.7. The van der Waals surface area contributed by atoms with Crippen molar-refractivity contribution in [3.05, 3.63) is 16.0 Å². The van der Waals surface area contributed by atoms with E-state index in [0.717, 1.165) is 43.0 Å². The lowest BCUT2D eigenvalue weighted by Crippen LogP contribution is -3.14. The molecular formula is C26H46F6N6O6S2. The van der Waals surface area contributed by atoms with Crippen molar-refractivity contribution in [1.29, 1.82) is 0 Å². The summed E-state index contributed by atoms with van der Waals surface area (Å²) >= 11 is 0. The summed E-state index contributed by atoms with van der Waals surface area (Å²) in [5.74, 6) is -0.0590. The first-order chi connectivity index (χ1) is 20.9. The molecule has 2 N–H and O–H groups in total. The second kappa shape index (κ2) is 16.8. The Labute approximate surface area is 267 Å². The summed E-state index contributed by atoms with van der Waals surface area (Å²) in [5, 5.41) is 3.66. The average Bonchev–Trinajstić information content (AvgIpc) is 3.46. The van der Waals surface area contributed by atoms with Gasteiger partial charge in [0.25, 0.3) is 0 Å². The lowest BCUT2D eigenvalue weighted by Gasteiger charge is -2.32. The smallest absolute Gasteiger partial charge is 0.421 e. The van der Waals surface area contributed by atoms with E-state index >= 15 is 0 Å². The Hall–Kier alpha value is -2.16. The number of hydrogen-bond donors (Lipinski definition) is 2. The first-order valence-corrected chi connectivity index (χ1v) is 17.9. The molecule has 20 heteroatoms. The van der Waals surface area contributed by atoms with E-state index in [9.17, 15) is 52.8 Å². The van der Waals surface area contributed by atoms with E-state index < -0.39 is 31.1 Å². The monoisotopic (exact) mass is 716 g/mol. The van der Waals surface area contributed by atoms with Crippen molar-refractivity contribution < 1.29 is 57.8 Å². The lowest BCUT2D eigenvalue weighted by atomic mass is 9.86. The maximum Gasteiger partial charge on any atom is 0.480 e. The molecule has 1 unspecified atom stereocenters. The van der Waals surface area contributed by atoms with E-state index in [1.54, 1.807) is 0 Å². The molecule has 1 fully saturated rings. The molecule has 2 aliphatic rings. The first-order valence-electron chi connectivity index (χ1n) is 15.0. The van der Waals surface area contributed by atoms with Gasteiger partial charge in [-0.15, -0.1) is 0 Å². The van der Waals surface area contributed by atoms with Crippen LogP contribution in [-0.4, -0.2) is 86.8 Å². The maximum atomic E-state index is 12.9. The van der Waals surface area contributed by atoms with Gasteiger partial charge in [-0.2, -0.15) is 26.3 Å². The van der Waals surface area contributed by atoms with Crippen molar-refractivity contribution in [2.24, 2.45) is 5.41 Å². The fraction of sp³-hybridized carbons (Fsp3) is 0.846. The third kappa shape index (κ3) is 11.8. The second-order valence-corrected chi connectivity index (χ2v) is 15.4. The van der Waals surface area contributed by atoms with Crippen LogP contribution in [0.25, 0.3) is 4.13 Å². The number of hydrazine groups is 1. The molecule has 0 spiro atoms. The number of sulfonamides is 2. The molecule has 2 rings (SSSR count). The molecule has 0 aromatic carbocycles. The number of urea groups is 1. The van der Waals surface area contributed by atoms with Gasteiger partial charge in [0.2, 0.25) is 5.91 Å². The van der Waals surface area contributed by atoms with Crippen molar-refractivity contribution >= 4 is 32.0 Å². The minimum atomic E-state index is -6.72. The van der Waals surface area contributed by atoms with Gasteiger partial charge in [-0.3, -0.25) is 14.7 Å². The molecule has 0 aromatic rings. The van der Waals surface area contributed by atoms with Crippen molar-refractivity contribution in [2.75, 3.05) is 26.2 Å².